The lowest BCUT2D eigenvalue weighted by Crippen LogP contribution is -2.23. The normalized spacial score (nSPS) is 14.2. The van der Waals surface area contributed by atoms with Gasteiger partial charge < -0.3 is 10.6 Å². The zero-order chi connectivity index (χ0) is 14.5. The Morgan fingerprint density at radius 1 is 1.45 bits per heavy atom. The van der Waals surface area contributed by atoms with Crippen LogP contribution in [0.25, 0.3) is 11.0 Å². The van der Waals surface area contributed by atoms with E-state index in [1.165, 1.54) is 0 Å². The molecule has 0 spiro atoms. The van der Waals surface area contributed by atoms with Crippen molar-refractivity contribution in [2.24, 2.45) is 0 Å². The summed E-state index contributed by atoms with van der Waals surface area (Å²) < 4.78 is 11.3. The first-order chi connectivity index (χ1) is 9.60. The van der Waals surface area contributed by atoms with E-state index >= 15 is 0 Å². The van der Waals surface area contributed by atoms with E-state index in [9.17, 15) is 4.21 Å². The van der Waals surface area contributed by atoms with Gasteiger partial charge in [0.2, 0.25) is 5.95 Å². The molecule has 2 aromatic heterocycles. The minimum absolute atomic E-state index is 0.0628. The first kappa shape index (κ1) is 14.7. The van der Waals surface area contributed by atoms with Crippen molar-refractivity contribution in [3.8, 4) is 0 Å². The molecule has 2 rings (SSSR count). The lowest BCUT2D eigenvalue weighted by molar-refractivity contribution is 0.683. The fraction of sp³-hybridized carbons (Fsp3) is 0.583. The van der Waals surface area contributed by atoms with Gasteiger partial charge in [-0.2, -0.15) is 15.1 Å². The number of nitrogens with zero attached hydrogens (tertiary/aromatic N) is 3. The minimum atomic E-state index is -0.849. The predicted molar refractivity (Wildman–Crippen MR) is 82.5 cm³/mol. The van der Waals surface area contributed by atoms with E-state index in [-0.39, 0.29) is 6.04 Å². The summed E-state index contributed by atoms with van der Waals surface area (Å²) in [6.45, 7) is 4.88. The van der Waals surface area contributed by atoms with Gasteiger partial charge >= 0.3 is 0 Å². The Morgan fingerprint density at radius 2 is 2.25 bits per heavy atom. The molecule has 2 atom stereocenters. The number of rotatable bonds is 7. The molecule has 0 aliphatic heterocycles. The Balaban J connectivity index is 2.25. The van der Waals surface area contributed by atoms with Crippen molar-refractivity contribution in [1.29, 1.82) is 0 Å². The van der Waals surface area contributed by atoms with Gasteiger partial charge in [-0.1, -0.05) is 6.92 Å². The van der Waals surface area contributed by atoms with E-state index in [2.05, 4.69) is 37.7 Å². The molecule has 0 amide bonds. The molecule has 7 nitrogen and oxygen atoms in total. The highest BCUT2D eigenvalue weighted by Gasteiger charge is 2.12. The zero-order valence-corrected chi connectivity index (χ0v) is 12.8. The topological polar surface area (TPSA) is 95.6 Å². The summed E-state index contributed by atoms with van der Waals surface area (Å²) in [5.74, 6) is 1.84. The molecule has 2 heterocycles. The molecule has 0 saturated carbocycles. The molecule has 2 unspecified atom stereocenters. The van der Waals surface area contributed by atoms with Crippen molar-refractivity contribution in [2.45, 2.75) is 26.3 Å². The summed E-state index contributed by atoms with van der Waals surface area (Å²) in [6.07, 6.45) is 4.38. The molecule has 20 heavy (non-hydrogen) atoms. The van der Waals surface area contributed by atoms with Crippen molar-refractivity contribution in [2.75, 3.05) is 29.2 Å². The maximum atomic E-state index is 11.3. The third-order valence-corrected chi connectivity index (χ3v) is 3.68. The molecule has 0 aromatic carbocycles. The summed E-state index contributed by atoms with van der Waals surface area (Å²) in [4.78, 5) is 8.83. The summed E-state index contributed by atoms with van der Waals surface area (Å²) in [7, 11) is -0.849. The van der Waals surface area contributed by atoms with Crippen LogP contribution >= 0.6 is 0 Å². The van der Waals surface area contributed by atoms with Crippen LogP contribution in [0.4, 0.5) is 11.8 Å². The lowest BCUT2D eigenvalue weighted by Gasteiger charge is -2.14. The molecule has 0 aliphatic rings. The van der Waals surface area contributed by atoms with Crippen molar-refractivity contribution >= 4 is 33.6 Å². The highest BCUT2D eigenvalue weighted by atomic mass is 32.2. The average molecular weight is 296 g/mol. The van der Waals surface area contributed by atoms with Crippen LogP contribution in [0.3, 0.4) is 0 Å². The Bertz CT molecular complexity index is 599. The number of nitrogens with one attached hydrogen (secondary N) is 3. The molecule has 110 valence electrons. The minimum Gasteiger partial charge on any atom is -0.366 e. The highest BCUT2D eigenvalue weighted by molar-refractivity contribution is 7.84. The van der Waals surface area contributed by atoms with Crippen molar-refractivity contribution in [1.82, 2.24) is 20.2 Å². The second kappa shape index (κ2) is 6.65. The predicted octanol–water partition coefficient (Wildman–Crippen LogP) is 1.35. The van der Waals surface area contributed by atoms with E-state index in [4.69, 9.17) is 0 Å². The smallest absolute Gasteiger partial charge is 0.226 e. The Hall–Kier alpha value is -1.70. The van der Waals surface area contributed by atoms with Gasteiger partial charge in [0.25, 0.3) is 0 Å². The van der Waals surface area contributed by atoms with Crippen molar-refractivity contribution < 1.29 is 4.21 Å². The van der Waals surface area contributed by atoms with Crippen molar-refractivity contribution in [3.05, 3.63) is 6.20 Å². The molecule has 0 bridgehead atoms. The first-order valence-electron chi connectivity index (χ1n) is 6.61. The molecule has 0 radical (unpaired) electrons. The molecule has 2 aromatic rings. The summed E-state index contributed by atoms with van der Waals surface area (Å²) in [5, 5.41) is 14.1. The number of anilines is 2. The second-order valence-corrected chi connectivity index (χ2v) is 6.22. The maximum Gasteiger partial charge on any atom is 0.226 e. The molecule has 0 fully saturated rings. The maximum absolute atomic E-state index is 11.3. The van der Waals surface area contributed by atoms with Gasteiger partial charge in [0.15, 0.2) is 5.65 Å². The van der Waals surface area contributed by atoms with Gasteiger partial charge in [0.1, 0.15) is 5.82 Å². The Labute approximate surface area is 120 Å². The van der Waals surface area contributed by atoms with E-state index < -0.39 is 10.8 Å². The van der Waals surface area contributed by atoms with Crippen LogP contribution in [0.1, 0.15) is 20.3 Å². The largest absolute Gasteiger partial charge is 0.366 e. The molecular weight excluding hydrogens is 276 g/mol. The Morgan fingerprint density at radius 3 is 2.95 bits per heavy atom. The molecule has 8 heteroatoms. The van der Waals surface area contributed by atoms with Crippen LogP contribution < -0.4 is 10.6 Å². The van der Waals surface area contributed by atoms with E-state index in [1.807, 2.05) is 6.92 Å². The van der Waals surface area contributed by atoms with Gasteiger partial charge in [-0.05, 0) is 13.3 Å². The fourth-order valence-electron chi connectivity index (χ4n) is 1.89. The molecule has 0 aliphatic carbocycles. The number of aromatic amines is 1. The number of hydrogen-bond donors (Lipinski definition) is 3. The van der Waals surface area contributed by atoms with Gasteiger partial charge in [0, 0.05) is 35.4 Å². The number of hydrogen-bond acceptors (Lipinski definition) is 6. The van der Waals surface area contributed by atoms with Crippen LogP contribution in [0.2, 0.25) is 0 Å². The summed E-state index contributed by atoms with van der Waals surface area (Å²) >= 11 is 0. The van der Waals surface area contributed by atoms with Crippen molar-refractivity contribution in [3.63, 3.8) is 0 Å². The number of fused-ring (bicyclic) bond motifs is 1. The average Bonchev–Trinajstić information content (AvgIpc) is 2.83. The van der Waals surface area contributed by atoms with E-state index in [0.29, 0.717) is 23.2 Å². The van der Waals surface area contributed by atoms with Gasteiger partial charge in [-0.15, -0.1) is 0 Å². The second-order valence-electron chi connectivity index (χ2n) is 4.74. The number of aromatic nitrogens is 4. The SMILES string of the molecule is CCCNc1nc(NC(C)CS(C)=O)c2cn[nH]c2n1. The fourth-order valence-corrected chi connectivity index (χ4v) is 2.68. The standard InChI is InChI=1S/C12H20N6OS/c1-4-5-13-12-16-10(15-8(2)7-20(3)19)9-6-14-18-11(9)17-12/h6,8H,4-5,7H2,1-3H3,(H3,13,14,15,16,17,18). The van der Waals surface area contributed by atoms with E-state index in [1.54, 1.807) is 12.5 Å². The molecule has 3 N–H and O–H groups in total. The van der Waals surface area contributed by atoms with Gasteiger partial charge in [-0.3, -0.25) is 9.31 Å². The monoisotopic (exact) mass is 296 g/mol. The van der Waals surface area contributed by atoms with E-state index in [0.717, 1.165) is 18.4 Å². The zero-order valence-electron chi connectivity index (χ0n) is 11.9. The number of H-pyrrole nitrogens is 1. The third-order valence-electron chi connectivity index (χ3n) is 2.71. The quantitative estimate of drug-likeness (QED) is 0.714. The Kier molecular flexibility index (Phi) is 4.89. The molecular formula is C12H20N6OS. The van der Waals surface area contributed by atoms with Crippen LogP contribution in [-0.2, 0) is 10.8 Å². The summed E-state index contributed by atoms with van der Waals surface area (Å²) in [5.41, 5.74) is 0.686. The van der Waals surface area contributed by atoms with Gasteiger partial charge in [0.05, 0.1) is 11.6 Å². The van der Waals surface area contributed by atoms with Gasteiger partial charge in [-0.25, -0.2) is 0 Å². The lowest BCUT2D eigenvalue weighted by atomic mass is 10.3. The van der Waals surface area contributed by atoms with Crippen LogP contribution in [-0.4, -0.2) is 49.0 Å². The van der Waals surface area contributed by atoms with Crippen LogP contribution in [0.5, 0.6) is 0 Å². The van der Waals surface area contributed by atoms with Crippen LogP contribution in [0, 0.1) is 0 Å². The molecule has 0 saturated heterocycles. The third kappa shape index (κ3) is 3.66. The van der Waals surface area contributed by atoms with Crippen LogP contribution in [0.15, 0.2) is 6.20 Å². The highest BCUT2D eigenvalue weighted by Crippen LogP contribution is 2.20. The summed E-state index contributed by atoms with van der Waals surface area (Å²) in [6, 6.07) is 0.0628. The first-order valence-corrected chi connectivity index (χ1v) is 8.34.